The van der Waals surface area contributed by atoms with Crippen molar-refractivity contribution in [3.63, 3.8) is 0 Å². The fourth-order valence-corrected chi connectivity index (χ4v) is 2.77. The Morgan fingerprint density at radius 2 is 2.67 bits per heavy atom. The normalized spacial score (nSPS) is 23.2. The van der Waals surface area contributed by atoms with Crippen LogP contribution >= 0.6 is 11.8 Å². The number of H-pyrrole nitrogens is 1. The summed E-state index contributed by atoms with van der Waals surface area (Å²) in [5, 5.41) is 0.651. The first-order chi connectivity index (χ1) is 5.86. The molecule has 1 saturated heterocycles. The summed E-state index contributed by atoms with van der Waals surface area (Å²) in [6.07, 6.45) is 6.07. The first kappa shape index (κ1) is 7.98. The molecule has 1 aromatic rings. The van der Waals surface area contributed by atoms with Gasteiger partial charge < -0.3 is 4.98 Å². The van der Waals surface area contributed by atoms with Crippen LogP contribution in [0.3, 0.4) is 0 Å². The van der Waals surface area contributed by atoms with Gasteiger partial charge in [0.25, 0.3) is 0 Å². The summed E-state index contributed by atoms with van der Waals surface area (Å²) in [4.78, 5) is 13.7. The third-order valence-electron chi connectivity index (χ3n) is 2.15. The SMILES string of the molecule is O=c1[nH]ccn1CC1CCCS1. The summed E-state index contributed by atoms with van der Waals surface area (Å²) in [5.41, 5.74) is 0.0162. The lowest BCUT2D eigenvalue weighted by Crippen LogP contribution is -2.21. The van der Waals surface area contributed by atoms with E-state index in [1.54, 1.807) is 10.8 Å². The molecule has 0 radical (unpaired) electrons. The molecule has 0 saturated carbocycles. The lowest BCUT2D eigenvalue weighted by Gasteiger charge is -2.07. The molecule has 0 aliphatic carbocycles. The maximum atomic E-state index is 11.1. The number of aromatic nitrogens is 2. The highest BCUT2D eigenvalue weighted by atomic mass is 32.2. The van der Waals surface area contributed by atoms with Gasteiger partial charge >= 0.3 is 5.69 Å². The largest absolute Gasteiger partial charge is 0.325 e. The molecule has 1 N–H and O–H groups in total. The van der Waals surface area contributed by atoms with Crippen molar-refractivity contribution < 1.29 is 0 Å². The number of imidazole rings is 1. The maximum Gasteiger partial charge on any atom is 0.325 e. The Hall–Kier alpha value is -0.640. The molecule has 3 nitrogen and oxygen atoms in total. The van der Waals surface area contributed by atoms with Gasteiger partial charge in [0.15, 0.2) is 0 Å². The molecular weight excluding hydrogens is 172 g/mol. The van der Waals surface area contributed by atoms with Gasteiger partial charge in [-0.1, -0.05) is 0 Å². The lowest BCUT2D eigenvalue weighted by molar-refractivity contribution is 0.622. The molecule has 1 aliphatic heterocycles. The Balaban J connectivity index is 2.03. The second-order valence-electron chi connectivity index (χ2n) is 3.05. The fourth-order valence-electron chi connectivity index (χ4n) is 1.50. The van der Waals surface area contributed by atoms with Gasteiger partial charge in [-0.05, 0) is 18.6 Å². The van der Waals surface area contributed by atoms with Gasteiger partial charge in [0.1, 0.15) is 0 Å². The van der Waals surface area contributed by atoms with Crippen LogP contribution in [0.2, 0.25) is 0 Å². The number of nitrogens with zero attached hydrogens (tertiary/aromatic N) is 1. The summed E-state index contributed by atoms with van der Waals surface area (Å²) < 4.78 is 1.75. The minimum Gasteiger partial charge on any atom is -0.313 e. The topological polar surface area (TPSA) is 37.8 Å². The van der Waals surface area contributed by atoms with E-state index in [9.17, 15) is 4.79 Å². The Morgan fingerprint density at radius 1 is 1.75 bits per heavy atom. The summed E-state index contributed by atoms with van der Waals surface area (Å²) in [5.74, 6) is 1.25. The van der Waals surface area contributed by atoms with Crippen LogP contribution in [0.15, 0.2) is 17.2 Å². The number of nitrogens with one attached hydrogen (secondary N) is 1. The van der Waals surface area contributed by atoms with Crippen molar-refractivity contribution in [3.8, 4) is 0 Å². The Morgan fingerprint density at radius 3 is 3.25 bits per heavy atom. The predicted octanol–water partition coefficient (Wildman–Crippen LogP) is 1.07. The Bertz CT molecular complexity index is 298. The minimum atomic E-state index is 0.0162. The van der Waals surface area contributed by atoms with Gasteiger partial charge in [-0.2, -0.15) is 11.8 Å². The van der Waals surface area contributed by atoms with E-state index in [0.717, 1.165) is 6.54 Å². The van der Waals surface area contributed by atoms with Crippen molar-refractivity contribution in [2.45, 2.75) is 24.6 Å². The van der Waals surface area contributed by atoms with Crippen molar-refractivity contribution in [2.24, 2.45) is 0 Å². The second kappa shape index (κ2) is 3.39. The van der Waals surface area contributed by atoms with E-state index in [0.29, 0.717) is 5.25 Å². The number of hydrogen-bond acceptors (Lipinski definition) is 2. The Kier molecular flexibility index (Phi) is 2.26. The zero-order chi connectivity index (χ0) is 8.39. The molecule has 1 aromatic heterocycles. The summed E-state index contributed by atoms with van der Waals surface area (Å²) in [7, 11) is 0. The van der Waals surface area contributed by atoms with E-state index in [1.807, 2.05) is 18.0 Å². The van der Waals surface area contributed by atoms with Crippen LogP contribution in [0.4, 0.5) is 0 Å². The van der Waals surface area contributed by atoms with Gasteiger partial charge in [-0.3, -0.25) is 4.57 Å². The standard InChI is InChI=1S/C8H12N2OS/c11-8-9-3-4-10(8)6-7-2-1-5-12-7/h3-4,7H,1-2,5-6H2,(H,9,11). The average Bonchev–Trinajstić information content (AvgIpc) is 2.65. The molecule has 0 aromatic carbocycles. The summed E-state index contributed by atoms with van der Waals surface area (Å²) >= 11 is 1.98. The van der Waals surface area contributed by atoms with E-state index in [-0.39, 0.29) is 5.69 Å². The Labute approximate surface area is 75.2 Å². The molecule has 1 fully saturated rings. The van der Waals surface area contributed by atoms with E-state index >= 15 is 0 Å². The predicted molar refractivity (Wildman–Crippen MR) is 50.5 cm³/mol. The summed E-state index contributed by atoms with van der Waals surface area (Å²) in [6.45, 7) is 0.868. The number of hydrogen-bond donors (Lipinski definition) is 1. The van der Waals surface area contributed by atoms with Crippen molar-refractivity contribution in [2.75, 3.05) is 5.75 Å². The van der Waals surface area contributed by atoms with Crippen LogP contribution in [0, 0.1) is 0 Å². The highest BCUT2D eigenvalue weighted by Crippen LogP contribution is 2.26. The molecule has 12 heavy (non-hydrogen) atoms. The molecule has 2 rings (SSSR count). The van der Waals surface area contributed by atoms with Crippen LogP contribution < -0.4 is 5.69 Å². The van der Waals surface area contributed by atoms with Crippen LogP contribution in [0.25, 0.3) is 0 Å². The molecule has 0 amide bonds. The zero-order valence-electron chi connectivity index (χ0n) is 6.82. The smallest absolute Gasteiger partial charge is 0.313 e. The molecule has 4 heteroatoms. The van der Waals surface area contributed by atoms with Crippen LogP contribution in [-0.2, 0) is 6.54 Å². The molecular formula is C8H12N2OS. The molecule has 2 heterocycles. The average molecular weight is 184 g/mol. The molecule has 1 atom stereocenters. The van der Waals surface area contributed by atoms with Gasteiger partial charge in [0.2, 0.25) is 0 Å². The van der Waals surface area contributed by atoms with Crippen molar-refractivity contribution >= 4 is 11.8 Å². The van der Waals surface area contributed by atoms with Gasteiger partial charge in [0, 0.05) is 24.2 Å². The van der Waals surface area contributed by atoms with Crippen LogP contribution in [-0.4, -0.2) is 20.6 Å². The van der Waals surface area contributed by atoms with Crippen molar-refractivity contribution in [1.82, 2.24) is 9.55 Å². The quantitative estimate of drug-likeness (QED) is 0.746. The molecule has 1 aliphatic rings. The molecule has 66 valence electrons. The zero-order valence-corrected chi connectivity index (χ0v) is 7.64. The first-order valence-corrected chi connectivity index (χ1v) is 5.26. The number of rotatable bonds is 2. The number of aromatic amines is 1. The van der Waals surface area contributed by atoms with E-state index < -0.39 is 0 Å². The van der Waals surface area contributed by atoms with Crippen molar-refractivity contribution in [1.29, 1.82) is 0 Å². The third kappa shape index (κ3) is 1.58. The second-order valence-corrected chi connectivity index (χ2v) is 4.46. The maximum absolute atomic E-state index is 11.1. The van der Waals surface area contributed by atoms with Gasteiger partial charge in [-0.15, -0.1) is 0 Å². The number of thioether (sulfide) groups is 1. The third-order valence-corrected chi connectivity index (χ3v) is 3.53. The van der Waals surface area contributed by atoms with Gasteiger partial charge in [-0.25, -0.2) is 4.79 Å². The fraction of sp³-hybridized carbons (Fsp3) is 0.625. The molecule has 0 spiro atoms. The van der Waals surface area contributed by atoms with Crippen LogP contribution in [0.5, 0.6) is 0 Å². The van der Waals surface area contributed by atoms with Crippen molar-refractivity contribution in [3.05, 3.63) is 22.9 Å². The van der Waals surface area contributed by atoms with E-state index in [4.69, 9.17) is 0 Å². The monoisotopic (exact) mass is 184 g/mol. The molecule has 0 bridgehead atoms. The first-order valence-electron chi connectivity index (χ1n) is 4.22. The molecule has 1 unspecified atom stereocenters. The highest BCUT2D eigenvalue weighted by Gasteiger charge is 2.16. The van der Waals surface area contributed by atoms with Crippen LogP contribution in [0.1, 0.15) is 12.8 Å². The minimum absolute atomic E-state index is 0.0162. The van der Waals surface area contributed by atoms with E-state index in [2.05, 4.69) is 4.98 Å². The highest BCUT2D eigenvalue weighted by molar-refractivity contribution is 8.00. The van der Waals surface area contributed by atoms with Gasteiger partial charge in [0.05, 0.1) is 0 Å². The van der Waals surface area contributed by atoms with E-state index in [1.165, 1.54) is 18.6 Å². The lowest BCUT2D eigenvalue weighted by atomic mass is 10.2. The summed E-state index contributed by atoms with van der Waals surface area (Å²) in [6, 6.07) is 0.